The van der Waals surface area contributed by atoms with E-state index >= 15 is 0 Å². The van der Waals surface area contributed by atoms with Crippen molar-refractivity contribution in [1.82, 2.24) is 20.0 Å². The van der Waals surface area contributed by atoms with Crippen LogP contribution in [0.1, 0.15) is 42.9 Å². The maximum Gasteiger partial charge on any atom is 0.322 e. The molecule has 2 aromatic rings. The quantitative estimate of drug-likeness (QED) is 0.634. The molecule has 2 atom stereocenters. The monoisotopic (exact) mass is 517 g/mol. The summed E-state index contributed by atoms with van der Waals surface area (Å²) >= 11 is 0. The molecule has 38 heavy (non-hydrogen) atoms. The molecule has 2 saturated heterocycles. The molecule has 3 fully saturated rings. The van der Waals surface area contributed by atoms with Crippen molar-refractivity contribution in [2.45, 2.75) is 50.4 Å². The van der Waals surface area contributed by atoms with Crippen LogP contribution in [0.15, 0.2) is 54.6 Å². The van der Waals surface area contributed by atoms with Crippen molar-refractivity contribution < 1.29 is 19.1 Å². The van der Waals surface area contributed by atoms with Crippen LogP contribution in [-0.2, 0) is 16.1 Å². The molecule has 6 rings (SSSR count). The normalized spacial score (nSPS) is 24.5. The third kappa shape index (κ3) is 5.34. The summed E-state index contributed by atoms with van der Waals surface area (Å²) in [4.78, 5) is 44.9. The number of likely N-dealkylation sites (tertiary alicyclic amines) is 1. The molecule has 0 spiro atoms. The Kier molecular flexibility index (Phi) is 6.93. The number of amides is 5. The number of carbonyl (C=O) groups is 3. The molecule has 4 aliphatic rings. The number of urea groups is 2. The lowest BCUT2D eigenvalue weighted by Crippen LogP contribution is -2.56. The molecule has 1 saturated carbocycles. The maximum absolute atomic E-state index is 13.5. The number of hydrogen-bond donors (Lipinski definition) is 2. The number of piperidine rings is 1. The molecule has 2 aromatic carbocycles. The molecule has 200 valence electrons. The summed E-state index contributed by atoms with van der Waals surface area (Å²) in [7, 11) is 0. The largest absolute Gasteiger partial charge is 0.369 e. The lowest BCUT2D eigenvalue weighted by molar-refractivity contribution is -0.132. The van der Waals surface area contributed by atoms with Crippen LogP contribution in [0.5, 0.6) is 0 Å². The third-order valence-electron chi connectivity index (χ3n) is 8.16. The average molecular weight is 518 g/mol. The van der Waals surface area contributed by atoms with Gasteiger partial charge < -0.3 is 30.1 Å². The number of nitrogens with zero attached hydrogens (tertiary/aromatic N) is 3. The summed E-state index contributed by atoms with van der Waals surface area (Å²) in [5.41, 5.74) is 3.01. The van der Waals surface area contributed by atoms with Crippen LogP contribution in [0, 0.1) is 5.92 Å². The van der Waals surface area contributed by atoms with E-state index in [2.05, 4.69) is 10.6 Å². The number of benzene rings is 2. The van der Waals surface area contributed by atoms with Gasteiger partial charge in [0, 0.05) is 37.9 Å². The Morgan fingerprint density at radius 2 is 1.71 bits per heavy atom. The van der Waals surface area contributed by atoms with Gasteiger partial charge in [-0.05, 0) is 48.8 Å². The highest BCUT2D eigenvalue weighted by Crippen LogP contribution is 2.32. The van der Waals surface area contributed by atoms with Gasteiger partial charge in [0.2, 0.25) is 5.91 Å². The van der Waals surface area contributed by atoms with Gasteiger partial charge in [-0.1, -0.05) is 48.5 Å². The van der Waals surface area contributed by atoms with E-state index in [-0.39, 0.29) is 36.7 Å². The highest BCUT2D eigenvalue weighted by molar-refractivity contribution is 5.92. The number of hydrogen-bond acceptors (Lipinski definition) is 4. The second-order valence-electron chi connectivity index (χ2n) is 10.9. The summed E-state index contributed by atoms with van der Waals surface area (Å²) < 4.78 is 6.18. The zero-order valence-corrected chi connectivity index (χ0v) is 21.6. The molecule has 0 unspecified atom stereocenters. The van der Waals surface area contributed by atoms with Gasteiger partial charge in [-0.25, -0.2) is 9.59 Å². The molecule has 2 N–H and O–H groups in total. The van der Waals surface area contributed by atoms with E-state index in [1.165, 1.54) is 0 Å². The van der Waals surface area contributed by atoms with Gasteiger partial charge in [-0.2, -0.15) is 0 Å². The number of rotatable bonds is 5. The molecule has 3 heterocycles. The summed E-state index contributed by atoms with van der Waals surface area (Å²) in [5, 5.41) is 5.95. The first-order chi connectivity index (χ1) is 18.5. The molecule has 1 aliphatic carbocycles. The third-order valence-corrected chi connectivity index (χ3v) is 8.16. The summed E-state index contributed by atoms with van der Waals surface area (Å²) in [6.45, 7) is 2.99. The lowest BCUT2D eigenvalue weighted by Gasteiger charge is -2.40. The Morgan fingerprint density at radius 1 is 0.974 bits per heavy atom. The highest BCUT2D eigenvalue weighted by Gasteiger charge is 2.38. The van der Waals surface area contributed by atoms with Crippen LogP contribution < -0.4 is 10.6 Å². The molecule has 0 radical (unpaired) electrons. The minimum Gasteiger partial charge on any atom is -0.369 e. The van der Waals surface area contributed by atoms with Crippen molar-refractivity contribution in [2.75, 3.05) is 38.1 Å². The summed E-state index contributed by atoms with van der Waals surface area (Å²) in [6, 6.07) is 16.8. The Balaban J connectivity index is 1.06. The highest BCUT2D eigenvalue weighted by atomic mass is 16.5. The summed E-state index contributed by atoms with van der Waals surface area (Å²) in [5.74, 6) is 0.477. The van der Waals surface area contributed by atoms with Crippen molar-refractivity contribution in [2.24, 2.45) is 5.92 Å². The number of para-hydroxylation sites is 1. The zero-order valence-electron chi connectivity index (χ0n) is 21.6. The summed E-state index contributed by atoms with van der Waals surface area (Å²) in [6.07, 6.45) is 3.47. The molecule has 9 nitrogen and oxygen atoms in total. The molecule has 3 aliphatic heterocycles. The average Bonchev–Trinajstić information content (AvgIpc) is 3.79. The van der Waals surface area contributed by atoms with Crippen molar-refractivity contribution in [3.8, 4) is 0 Å². The van der Waals surface area contributed by atoms with Gasteiger partial charge in [0.15, 0.2) is 0 Å². The number of fused-ring (bicyclic) bond motifs is 1. The molecule has 5 amide bonds. The first-order valence-electron chi connectivity index (χ1n) is 13.7. The minimum absolute atomic E-state index is 0.0657. The molecular weight excluding hydrogens is 482 g/mol. The van der Waals surface area contributed by atoms with E-state index in [1.807, 2.05) is 64.4 Å². The zero-order chi connectivity index (χ0) is 26.1. The van der Waals surface area contributed by atoms with Crippen LogP contribution >= 0.6 is 0 Å². The first kappa shape index (κ1) is 24.7. The van der Waals surface area contributed by atoms with Crippen molar-refractivity contribution in [3.05, 3.63) is 65.7 Å². The Labute approximate surface area is 223 Å². The lowest BCUT2D eigenvalue weighted by atomic mass is 10.0. The fraction of sp³-hybridized carbons (Fsp3) is 0.483. The van der Waals surface area contributed by atoms with E-state index in [4.69, 9.17) is 4.74 Å². The van der Waals surface area contributed by atoms with E-state index in [9.17, 15) is 14.4 Å². The van der Waals surface area contributed by atoms with Gasteiger partial charge in [0.1, 0.15) is 12.1 Å². The topological polar surface area (TPSA) is 94.2 Å². The Bertz CT molecular complexity index is 1180. The number of carbonyl (C=O) groups excluding carboxylic acids is 3. The van der Waals surface area contributed by atoms with Crippen LogP contribution in [0.25, 0.3) is 0 Å². The predicted octanol–water partition coefficient (Wildman–Crippen LogP) is 3.59. The van der Waals surface area contributed by atoms with E-state index in [0.717, 1.165) is 29.7 Å². The van der Waals surface area contributed by atoms with Crippen molar-refractivity contribution in [1.29, 1.82) is 0 Å². The fourth-order valence-corrected chi connectivity index (χ4v) is 5.73. The second kappa shape index (κ2) is 10.6. The van der Waals surface area contributed by atoms with Gasteiger partial charge >= 0.3 is 12.1 Å². The van der Waals surface area contributed by atoms with Crippen molar-refractivity contribution in [3.63, 3.8) is 0 Å². The van der Waals surface area contributed by atoms with Gasteiger partial charge in [0.05, 0.1) is 13.2 Å². The Morgan fingerprint density at radius 3 is 2.47 bits per heavy atom. The molecular formula is C29H35N5O4. The Hall–Kier alpha value is -3.59. The van der Waals surface area contributed by atoms with Gasteiger partial charge in [0.25, 0.3) is 0 Å². The fourth-order valence-electron chi connectivity index (χ4n) is 5.73. The second-order valence-corrected chi connectivity index (χ2v) is 10.9. The molecule has 0 bridgehead atoms. The van der Waals surface area contributed by atoms with E-state index in [0.29, 0.717) is 51.5 Å². The first-order valence-corrected chi connectivity index (χ1v) is 13.7. The minimum atomic E-state index is -0.711. The van der Waals surface area contributed by atoms with E-state index < -0.39 is 6.04 Å². The van der Waals surface area contributed by atoms with Crippen molar-refractivity contribution >= 4 is 23.7 Å². The number of ether oxygens (including phenoxy) is 1. The number of nitrogens with one attached hydrogen (secondary N) is 2. The van der Waals surface area contributed by atoms with Crippen LogP contribution in [0.4, 0.5) is 15.3 Å². The predicted molar refractivity (Wildman–Crippen MR) is 142 cm³/mol. The standard InChI is InChI=1S/C29H35N5O4/c35-27-25(19-38-26(21-6-2-1-3-7-21)18-33(27)16-20-10-11-20)31-28(36)32-14-12-23(13-15-32)34-17-22-8-4-5-9-24(22)30-29(34)37/h1-9,20,23,25-26H,10-19H2,(H,30,37)(H,31,36)/t25-,26+/m1/s1. The van der Waals surface area contributed by atoms with Gasteiger partial charge in [-0.15, -0.1) is 0 Å². The van der Waals surface area contributed by atoms with Gasteiger partial charge in [-0.3, -0.25) is 4.79 Å². The molecule has 9 heteroatoms. The van der Waals surface area contributed by atoms with Crippen LogP contribution in [0.2, 0.25) is 0 Å². The van der Waals surface area contributed by atoms with Crippen LogP contribution in [-0.4, -0.2) is 77.5 Å². The smallest absolute Gasteiger partial charge is 0.322 e. The SMILES string of the molecule is O=C(N[C@@H]1CO[C@H](c2ccccc2)CN(CC2CC2)C1=O)N1CCC(N2Cc3ccccc3NC2=O)CC1. The molecule has 0 aromatic heterocycles. The van der Waals surface area contributed by atoms with E-state index in [1.54, 1.807) is 4.90 Å². The number of anilines is 1. The maximum atomic E-state index is 13.5. The van der Waals surface area contributed by atoms with Crippen LogP contribution in [0.3, 0.4) is 0 Å².